The molecule has 0 fully saturated rings. The van der Waals surface area contributed by atoms with Gasteiger partial charge in [-0.05, 0) is 37.0 Å². The lowest BCUT2D eigenvalue weighted by Gasteiger charge is -2.08. The lowest BCUT2D eigenvalue weighted by atomic mass is 10.1. The fourth-order valence-corrected chi connectivity index (χ4v) is 4.67. The molecule has 0 atom stereocenters. The van der Waals surface area contributed by atoms with E-state index in [-0.39, 0.29) is 0 Å². The molecular formula is C19H17N5O5S. The third-order valence-corrected chi connectivity index (χ3v) is 5.90. The summed E-state index contributed by atoms with van der Waals surface area (Å²) in [5.74, 6) is -2.03. The third kappa shape index (κ3) is 3.79. The monoisotopic (exact) mass is 427 g/mol. The van der Waals surface area contributed by atoms with Gasteiger partial charge in [0.1, 0.15) is 17.1 Å². The highest BCUT2D eigenvalue weighted by molar-refractivity contribution is 7.17. The number of aromatic nitrogens is 3. The van der Waals surface area contributed by atoms with E-state index in [4.69, 9.17) is 10.5 Å². The molecule has 30 heavy (non-hydrogen) atoms. The number of carbonyl (C=O) groups is 3. The fraction of sp³-hybridized carbons (Fsp3) is 0.263. The zero-order chi connectivity index (χ0) is 21.3. The van der Waals surface area contributed by atoms with Crippen molar-refractivity contribution in [2.45, 2.75) is 25.8 Å². The van der Waals surface area contributed by atoms with Gasteiger partial charge in [-0.1, -0.05) is 17.3 Å². The number of fused-ring (bicyclic) bond motifs is 2. The number of rotatable bonds is 6. The Morgan fingerprint density at radius 1 is 1.23 bits per heavy atom. The number of hydrogen-bond acceptors (Lipinski definition) is 8. The highest BCUT2D eigenvalue weighted by Gasteiger charge is 2.26. The molecule has 0 saturated carbocycles. The molecule has 0 spiro atoms. The van der Waals surface area contributed by atoms with E-state index in [1.54, 1.807) is 24.3 Å². The predicted octanol–water partition coefficient (Wildman–Crippen LogP) is 0.622. The van der Waals surface area contributed by atoms with Gasteiger partial charge < -0.3 is 15.8 Å². The minimum Gasteiger partial charge on any atom is -0.454 e. The molecular weight excluding hydrogens is 410 g/mol. The van der Waals surface area contributed by atoms with E-state index < -0.39 is 36.5 Å². The van der Waals surface area contributed by atoms with Crippen molar-refractivity contribution in [2.75, 3.05) is 11.9 Å². The molecule has 0 saturated heterocycles. The Morgan fingerprint density at radius 3 is 2.83 bits per heavy atom. The van der Waals surface area contributed by atoms with Crippen LogP contribution in [0.15, 0.2) is 29.1 Å². The quantitative estimate of drug-likeness (QED) is 0.548. The standard InChI is InChI=1S/C19H17N5O5S/c20-17(27)16-11-5-3-7-13(11)30-18(16)21-14(25)9-29-15(26)8-24-19(28)10-4-1-2-6-12(10)22-23-24/h1-2,4,6H,3,5,7-9H2,(H2,20,27)(H,21,25). The summed E-state index contributed by atoms with van der Waals surface area (Å²) in [6.45, 7) is -1.06. The molecule has 1 aliphatic rings. The molecule has 1 aliphatic carbocycles. The molecule has 0 bridgehead atoms. The number of nitrogens with two attached hydrogens (primary N) is 1. The van der Waals surface area contributed by atoms with Gasteiger partial charge in [-0.2, -0.15) is 4.68 Å². The lowest BCUT2D eigenvalue weighted by molar-refractivity contribution is -0.148. The third-order valence-electron chi connectivity index (χ3n) is 4.69. The van der Waals surface area contributed by atoms with Crippen LogP contribution < -0.4 is 16.6 Å². The lowest BCUT2D eigenvalue weighted by Crippen LogP contribution is -2.30. The molecule has 1 aromatic carbocycles. The topological polar surface area (TPSA) is 146 Å². The number of hydrogen-bond donors (Lipinski definition) is 2. The Kier molecular flexibility index (Phi) is 5.27. The van der Waals surface area contributed by atoms with Gasteiger partial charge in [-0.3, -0.25) is 19.2 Å². The molecule has 10 nitrogen and oxygen atoms in total. The summed E-state index contributed by atoms with van der Waals surface area (Å²) in [5.41, 5.74) is 6.59. The highest BCUT2D eigenvalue weighted by Crippen LogP contribution is 2.38. The summed E-state index contributed by atoms with van der Waals surface area (Å²) < 4.78 is 5.81. The van der Waals surface area contributed by atoms with Gasteiger partial charge in [-0.25, -0.2) is 0 Å². The number of ether oxygens (including phenoxy) is 1. The average Bonchev–Trinajstić information content (AvgIpc) is 3.29. The number of aryl methyl sites for hydroxylation is 1. The Morgan fingerprint density at radius 2 is 2.03 bits per heavy atom. The summed E-state index contributed by atoms with van der Waals surface area (Å²) in [6, 6.07) is 6.62. The molecule has 11 heteroatoms. The number of nitrogens with zero attached hydrogens (tertiary/aromatic N) is 3. The van der Waals surface area contributed by atoms with Crippen molar-refractivity contribution in [3.8, 4) is 0 Å². The number of nitrogens with one attached hydrogen (secondary N) is 1. The molecule has 2 heterocycles. The first kappa shape index (κ1) is 19.7. The van der Waals surface area contributed by atoms with Crippen LogP contribution in [0.3, 0.4) is 0 Å². The first-order valence-electron chi connectivity index (χ1n) is 9.16. The fourth-order valence-electron chi connectivity index (χ4n) is 3.36. The predicted molar refractivity (Wildman–Crippen MR) is 108 cm³/mol. The van der Waals surface area contributed by atoms with Crippen LogP contribution in [0.1, 0.15) is 27.2 Å². The van der Waals surface area contributed by atoms with Gasteiger partial charge >= 0.3 is 5.97 Å². The van der Waals surface area contributed by atoms with Gasteiger partial charge in [0.15, 0.2) is 6.61 Å². The van der Waals surface area contributed by atoms with Gasteiger partial charge in [0.25, 0.3) is 17.4 Å². The van der Waals surface area contributed by atoms with Crippen molar-refractivity contribution in [1.82, 2.24) is 15.0 Å². The normalized spacial score (nSPS) is 12.5. The molecule has 154 valence electrons. The van der Waals surface area contributed by atoms with Crippen molar-refractivity contribution < 1.29 is 19.1 Å². The minimum atomic E-state index is -0.819. The van der Waals surface area contributed by atoms with E-state index in [9.17, 15) is 19.2 Å². The largest absolute Gasteiger partial charge is 0.454 e. The second-order valence-corrected chi connectivity index (χ2v) is 7.81. The van der Waals surface area contributed by atoms with Crippen molar-refractivity contribution in [3.05, 3.63) is 50.6 Å². The molecule has 0 unspecified atom stereocenters. The van der Waals surface area contributed by atoms with Crippen LogP contribution >= 0.6 is 11.3 Å². The van der Waals surface area contributed by atoms with Crippen LogP contribution in [0.4, 0.5) is 5.00 Å². The molecule has 3 N–H and O–H groups in total. The van der Waals surface area contributed by atoms with Crippen LogP contribution in [0.25, 0.3) is 10.9 Å². The summed E-state index contributed by atoms with van der Waals surface area (Å²) in [5, 5.41) is 10.9. The van der Waals surface area contributed by atoms with Crippen molar-refractivity contribution >= 4 is 45.0 Å². The summed E-state index contributed by atoms with van der Waals surface area (Å²) >= 11 is 1.31. The Balaban J connectivity index is 1.38. The number of esters is 1. The maximum atomic E-state index is 12.3. The summed E-state index contributed by atoms with van der Waals surface area (Å²) in [7, 11) is 0. The molecule has 3 aromatic rings. The van der Waals surface area contributed by atoms with Gasteiger partial charge in [0, 0.05) is 4.88 Å². The number of amides is 2. The van der Waals surface area contributed by atoms with E-state index >= 15 is 0 Å². The van der Waals surface area contributed by atoms with Crippen molar-refractivity contribution in [3.63, 3.8) is 0 Å². The number of carbonyl (C=O) groups excluding carboxylic acids is 3. The minimum absolute atomic E-state index is 0.322. The molecule has 0 radical (unpaired) electrons. The smallest absolute Gasteiger partial charge is 0.328 e. The second-order valence-electron chi connectivity index (χ2n) is 6.70. The average molecular weight is 427 g/mol. The van der Waals surface area contributed by atoms with Gasteiger partial charge in [-0.15, -0.1) is 16.4 Å². The van der Waals surface area contributed by atoms with Gasteiger partial charge in [0.2, 0.25) is 0 Å². The first-order chi connectivity index (χ1) is 14.4. The molecule has 2 amide bonds. The molecule has 0 aliphatic heterocycles. The van der Waals surface area contributed by atoms with Crippen molar-refractivity contribution in [1.29, 1.82) is 0 Å². The first-order valence-corrected chi connectivity index (χ1v) is 9.98. The summed E-state index contributed by atoms with van der Waals surface area (Å²) in [6.07, 6.45) is 2.54. The van der Waals surface area contributed by atoms with E-state index in [1.807, 2.05) is 0 Å². The van der Waals surface area contributed by atoms with Crippen LogP contribution in [-0.4, -0.2) is 39.4 Å². The van der Waals surface area contributed by atoms with Crippen LogP contribution in [0.2, 0.25) is 0 Å². The zero-order valence-corrected chi connectivity index (χ0v) is 16.5. The van der Waals surface area contributed by atoms with Gasteiger partial charge in [0.05, 0.1) is 10.9 Å². The van der Waals surface area contributed by atoms with E-state index in [1.165, 1.54) is 11.3 Å². The maximum Gasteiger partial charge on any atom is 0.328 e. The second kappa shape index (κ2) is 8.03. The highest BCUT2D eigenvalue weighted by atomic mass is 32.1. The molecule has 4 rings (SSSR count). The van der Waals surface area contributed by atoms with E-state index in [0.717, 1.165) is 34.4 Å². The van der Waals surface area contributed by atoms with E-state index in [0.29, 0.717) is 21.5 Å². The van der Waals surface area contributed by atoms with Crippen LogP contribution in [-0.2, 0) is 33.7 Å². The SMILES string of the molecule is NC(=O)c1c(NC(=O)COC(=O)Cn2nnc3ccccc3c2=O)sc2c1CCC2. The molecule has 2 aromatic heterocycles. The van der Waals surface area contributed by atoms with Crippen LogP contribution in [0, 0.1) is 0 Å². The number of benzene rings is 1. The number of thiophene rings is 1. The maximum absolute atomic E-state index is 12.3. The van der Waals surface area contributed by atoms with E-state index in [2.05, 4.69) is 15.6 Å². The Labute approximate surface area is 173 Å². The Bertz CT molecular complexity index is 1230. The Hall–Kier alpha value is -3.60. The number of primary amides is 1. The van der Waals surface area contributed by atoms with Crippen molar-refractivity contribution in [2.24, 2.45) is 5.73 Å². The number of anilines is 1. The zero-order valence-electron chi connectivity index (χ0n) is 15.7. The summed E-state index contributed by atoms with van der Waals surface area (Å²) in [4.78, 5) is 49.4. The van der Waals surface area contributed by atoms with Crippen LogP contribution in [0.5, 0.6) is 0 Å².